The van der Waals surface area contributed by atoms with Gasteiger partial charge in [0.1, 0.15) is 6.54 Å². The van der Waals surface area contributed by atoms with Gasteiger partial charge in [-0.05, 0) is 36.3 Å². The SMILES string of the molecule is O=C(Cn1ccccc1=O)N1CCC(C(O)c2cccs2)CC1. The lowest BCUT2D eigenvalue weighted by Gasteiger charge is -2.34. The second-order valence-electron chi connectivity index (χ2n) is 5.85. The van der Waals surface area contributed by atoms with Gasteiger partial charge in [0.15, 0.2) is 0 Å². The van der Waals surface area contributed by atoms with Gasteiger partial charge < -0.3 is 14.6 Å². The predicted molar refractivity (Wildman–Crippen MR) is 89.3 cm³/mol. The van der Waals surface area contributed by atoms with Crippen molar-refractivity contribution >= 4 is 17.2 Å². The van der Waals surface area contributed by atoms with Gasteiger partial charge in [-0.3, -0.25) is 9.59 Å². The molecule has 1 amide bonds. The van der Waals surface area contributed by atoms with E-state index in [2.05, 4.69) is 0 Å². The van der Waals surface area contributed by atoms with Crippen molar-refractivity contribution in [2.45, 2.75) is 25.5 Å². The number of pyridine rings is 1. The normalized spacial score (nSPS) is 17.2. The van der Waals surface area contributed by atoms with E-state index < -0.39 is 6.10 Å². The van der Waals surface area contributed by atoms with Gasteiger partial charge in [0.2, 0.25) is 5.91 Å². The number of nitrogens with zero attached hydrogens (tertiary/aromatic N) is 2. The highest BCUT2D eigenvalue weighted by Gasteiger charge is 2.28. The molecule has 5 nitrogen and oxygen atoms in total. The van der Waals surface area contributed by atoms with Crippen LogP contribution in [0.3, 0.4) is 0 Å². The second-order valence-corrected chi connectivity index (χ2v) is 6.82. The maximum absolute atomic E-state index is 12.3. The fourth-order valence-corrected chi connectivity index (χ4v) is 3.80. The molecule has 0 bridgehead atoms. The van der Waals surface area contributed by atoms with Crippen LogP contribution < -0.4 is 5.56 Å². The zero-order chi connectivity index (χ0) is 16.2. The maximum Gasteiger partial charge on any atom is 0.250 e. The monoisotopic (exact) mass is 332 g/mol. The number of amides is 1. The minimum atomic E-state index is -0.441. The van der Waals surface area contributed by atoms with E-state index in [4.69, 9.17) is 0 Å². The number of aliphatic hydroxyl groups is 1. The fourth-order valence-electron chi connectivity index (χ4n) is 2.99. The summed E-state index contributed by atoms with van der Waals surface area (Å²) in [5.74, 6) is 0.152. The summed E-state index contributed by atoms with van der Waals surface area (Å²) in [5.41, 5.74) is -0.163. The van der Waals surface area contributed by atoms with Crippen LogP contribution in [0.15, 0.2) is 46.7 Å². The third kappa shape index (κ3) is 3.71. The molecule has 1 saturated heterocycles. The summed E-state index contributed by atoms with van der Waals surface area (Å²) >= 11 is 1.57. The van der Waals surface area contributed by atoms with Crippen molar-refractivity contribution in [3.05, 3.63) is 57.1 Å². The van der Waals surface area contributed by atoms with Crippen molar-refractivity contribution in [1.29, 1.82) is 0 Å². The average Bonchev–Trinajstić information content (AvgIpc) is 3.11. The van der Waals surface area contributed by atoms with Crippen molar-refractivity contribution in [2.24, 2.45) is 5.92 Å². The number of hydrogen-bond acceptors (Lipinski definition) is 4. The molecule has 1 aliphatic heterocycles. The number of rotatable bonds is 4. The first-order valence-corrected chi connectivity index (χ1v) is 8.68. The van der Waals surface area contributed by atoms with Gasteiger partial charge in [0.25, 0.3) is 5.56 Å². The minimum absolute atomic E-state index is 0.0395. The van der Waals surface area contributed by atoms with Crippen LogP contribution in [-0.4, -0.2) is 33.6 Å². The highest BCUT2D eigenvalue weighted by molar-refractivity contribution is 7.10. The van der Waals surface area contributed by atoms with E-state index in [1.165, 1.54) is 10.6 Å². The van der Waals surface area contributed by atoms with Crippen molar-refractivity contribution < 1.29 is 9.90 Å². The summed E-state index contributed by atoms with van der Waals surface area (Å²) < 4.78 is 1.43. The summed E-state index contributed by atoms with van der Waals surface area (Å²) in [6.45, 7) is 1.35. The Bertz CT molecular complexity index is 703. The van der Waals surface area contributed by atoms with Gasteiger partial charge in [0.05, 0.1) is 6.10 Å². The Kier molecular flexibility index (Phi) is 4.93. The second kappa shape index (κ2) is 7.10. The molecule has 0 spiro atoms. The molecule has 6 heteroatoms. The molecule has 3 rings (SSSR count). The first kappa shape index (κ1) is 16.0. The fraction of sp³-hybridized carbons (Fsp3) is 0.412. The van der Waals surface area contributed by atoms with Crippen LogP contribution in [0.25, 0.3) is 0 Å². The molecule has 0 aromatic carbocycles. The molecule has 1 fully saturated rings. The molecule has 1 N–H and O–H groups in total. The van der Waals surface area contributed by atoms with Gasteiger partial charge in [0, 0.05) is 30.2 Å². The number of carbonyl (C=O) groups excluding carboxylic acids is 1. The summed E-state index contributed by atoms with van der Waals surface area (Å²) in [6.07, 6.45) is 2.76. The van der Waals surface area contributed by atoms with Crippen molar-refractivity contribution in [2.75, 3.05) is 13.1 Å². The van der Waals surface area contributed by atoms with Gasteiger partial charge in [-0.25, -0.2) is 0 Å². The first-order chi connectivity index (χ1) is 11.1. The third-order valence-electron chi connectivity index (χ3n) is 4.38. The molecule has 3 heterocycles. The molecule has 1 atom stereocenters. The van der Waals surface area contributed by atoms with E-state index in [1.54, 1.807) is 34.6 Å². The zero-order valence-corrected chi connectivity index (χ0v) is 13.6. The van der Waals surface area contributed by atoms with Crippen molar-refractivity contribution in [3.63, 3.8) is 0 Å². The van der Waals surface area contributed by atoms with Crippen LogP contribution in [-0.2, 0) is 11.3 Å². The van der Waals surface area contributed by atoms with E-state index >= 15 is 0 Å². The number of piperidine rings is 1. The van der Waals surface area contributed by atoms with Gasteiger partial charge in [-0.1, -0.05) is 12.1 Å². The summed E-state index contributed by atoms with van der Waals surface area (Å²) in [7, 11) is 0. The van der Waals surface area contributed by atoms with Crippen LogP contribution in [0.4, 0.5) is 0 Å². The molecule has 122 valence electrons. The molecule has 0 aliphatic carbocycles. The molecule has 1 aliphatic rings. The molecule has 0 saturated carbocycles. The summed E-state index contributed by atoms with van der Waals surface area (Å²) in [6, 6.07) is 8.77. The van der Waals surface area contributed by atoms with Crippen molar-refractivity contribution in [3.8, 4) is 0 Å². The van der Waals surface area contributed by atoms with Gasteiger partial charge >= 0.3 is 0 Å². The van der Waals surface area contributed by atoms with Crippen LogP contribution in [0.1, 0.15) is 23.8 Å². The van der Waals surface area contributed by atoms with Crippen LogP contribution >= 0.6 is 11.3 Å². The van der Waals surface area contributed by atoms with Gasteiger partial charge in [-0.2, -0.15) is 0 Å². The van der Waals surface area contributed by atoms with Crippen LogP contribution in [0, 0.1) is 5.92 Å². The Morgan fingerprint density at radius 2 is 2.04 bits per heavy atom. The van der Waals surface area contributed by atoms with Crippen LogP contribution in [0.5, 0.6) is 0 Å². The average molecular weight is 332 g/mol. The zero-order valence-electron chi connectivity index (χ0n) is 12.8. The maximum atomic E-state index is 12.3. The van der Waals surface area contributed by atoms with E-state index in [0.717, 1.165) is 17.7 Å². The highest BCUT2D eigenvalue weighted by atomic mass is 32.1. The molecule has 2 aromatic heterocycles. The number of hydrogen-bond donors (Lipinski definition) is 1. The van der Waals surface area contributed by atoms with Gasteiger partial charge in [-0.15, -0.1) is 11.3 Å². The Morgan fingerprint density at radius 1 is 1.26 bits per heavy atom. The lowest BCUT2D eigenvalue weighted by Crippen LogP contribution is -2.42. The van der Waals surface area contributed by atoms with E-state index in [1.807, 2.05) is 17.5 Å². The molecular formula is C17H20N2O3S. The Hall–Kier alpha value is -1.92. The largest absolute Gasteiger partial charge is 0.387 e. The quantitative estimate of drug-likeness (QED) is 0.930. The van der Waals surface area contributed by atoms with Crippen molar-refractivity contribution in [1.82, 2.24) is 9.47 Å². The predicted octanol–water partition coefficient (Wildman–Crippen LogP) is 1.88. The van der Waals surface area contributed by atoms with E-state index in [-0.39, 0.29) is 23.9 Å². The molecule has 1 unspecified atom stereocenters. The Labute approximate surface area is 138 Å². The number of carbonyl (C=O) groups is 1. The lowest BCUT2D eigenvalue weighted by atomic mass is 9.90. The summed E-state index contributed by atoms with van der Waals surface area (Å²) in [4.78, 5) is 26.8. The number of likely N-dealkylation sites (tertiary alicyclic amines) is 1. The molecule has 0 radical (unpaired) electrons. The Balaban J connectivity index is 1.55. The third-order valence-corrected chi connectivity index (χ3v) is 5.32. The topological polar surface area (TPSA) is 62.5 Å². The number of aliphatic hydroxyl groups excluding tert-OH is 1. The smallest absolute Gasteiger partial charge is 0.250 e. The summed E-state index contributed by atoms with van der Waals surface area (Å²) in [5, 5.41) is 12.4. The molecule has 2 aromatic rings. The van der Waals surface area contributed by atoms with E-state index in [0.29, 0.717) is 13.1 Å². The minimum Gasteiger partial charge on any atom is -0.387 e. The lowest BCUT2D eigenvalue weighted by molar-refractivity contribution is -0.133. The molecular weight excluding hydrogens is 312 g/mol. The standard InChI is InChI=1S/C17H20N2O3S/c20-15-5-1-2-8-19(15)12-16(21)18-9-6-13(7-10-18)17(22)14-4-3-11-23-14/h1-5,8,11,13,17,22H,6-7,9-10,12H2. The Morgan fingerprint density at radius 3 is 2.70 bits per heavy atom. The number of thiophene rings is 1. The number of aromatic nitrogens is 1. The van der Waals surface area contributed by atoms with E-state index in [9.17, 15) is 14.7 Å². The molecule has 23 heavy (non-hydrogen) atoms. The first-order valence-electron chi connectivity index (χ1n) is 7.80. The van der Waals surface area contributed by atoms with Crippen LogP contribution in [0.2, 0.25) is 0 Å². The highest BCUT2D eigenvalue weighted by Crippen LogP contribution is 2.32.